The van der Waals surface area contributed by atoms with Crippen molar-refractivity contribution < 1.29 is 14.8 Å². The van der Waals surface area contributed by atoms with Crippen molar-refractivity contribution in [1.82, 2.24) is 4.57 Å². The van der Waals surface area contributed by atoms with Gasteiger partial charge in [-0.1, -0.05) is 0 Å². The van der Waals surface area contributed by atoms with E-state index in [0.29, 0.717) is 0 Å². The number of nitrogens with zero attached hydrogens (tertiary/aromatic N) is 2. The molecule has 86 valence electrons. The summed E-state index contributed by atoms with van der Waals surface area (Å²) in [6, 6.07) is 0. The predicted octanol–water partition coefficient (Wildman–Crippen LogP) is 0.994. The molecule has 0 aromatic carbocycles. The Kier molecular flexibility index (Phi) is 3.78. The van der Waals surface area contributed by atoms with Crippen molar-refractivity contribution >= 4 is 27.6 Å². The number of aliphatic carboxylic acids is 1. The first-order valence-corrected chi connectivity index (χ1v) is 4.97. The molecule has 1 aromatic rings. The van der Waals surface area contributed by atoms with Crippen LogP contribution in [0.25, 0.3) is 0 Å². The Balaban J connectivity index is 3.09. The predicted molar refractivity (Wildman–Crippen MR) is 57.3 cm³/mol. The maximum absolute atomic E-state index is 11.3. The van der Waals surface area contributed by atoms with Gasteiger partial charge in [0.15, 0.2) is 0 Å². The number of hydrogen-bond acceptors (Lipinski definition) is 4. The second kappa shape index (κ2) is 4.88. The van der Waals surface area contributed by atoms with Crippen LogP contribution in [0.3, 0.4) is 0 Å². The highest BCUT2D eigenvalue weighted by atomic mass is 79.9. The number of carboxylic acid groups (broad SMARTS) is 1. The molecule has 16 heavy (non-hydrogen) atoms. The molecule has 0 saturated heterocycles. The van der Waals surface area contributed by atoms with E-state index in [1.807, 2.05) is 0 Å². The van der Waals surface area contributed by atoms with Gasteiger partial charge in [-0.15, -0.1) is 0 Å². The van der Waals surface area contributed by atoms with E-state index in [1.165, 1.54) is 10.8 Å². The Morgan fingerprint density at radius 2 is 2.19 bits per heavy atom. The maximum atomic E-state index is 11.3. The van der Waals surface area contributed by atoms with Crippen molar-refractivity contribution in [2.24, 2.45) is 0 Å². The molecule has 0 atom stereocenters. The van der Waals surface area contributed by atoms with E-state index in [9.17, 15) is 19.7 Å². The lowest BCUT2D eigenvalue weighted by Crippen LogP contribution is -2.14. The molecule has 0 aliphatic carbocycles. The summed E-state index contributed by atoms with van der Waals surface area (Å²) in [7, 11) is 0. The fourth-order valence-electron chi connectivity index (χ4n) is 1.06. The average molecular weight is 291 g/mol. The highest BCUT2D eigenvalue weighted by molar-refractivity contribution is 9.10. The van der Waals surface area contributed by atoms with Gasteiger partial charge in [0.25, 0.3) is 5.43 Å². The van der Waals surface area contributed by atoms with E-state index < -0.39 is 22.0 Å². The third-order valence-electron chi connectivity index (χ3n) is 1.80. The van der Waals surface area contributed by atoms with Crippen LogP contribution in [0.1, 0.15) is 6.42 Å². The van der Waals surface area contributed by atoms with E-state index in [0.717, 1.165) is 6.20 Å². The molecule has 0 fully saturated rings. The zero-order chi connectivity index (χ0) is 12.3. The number of rotatable bonds is 4. The van der Waals surface area contributed by atoms with E-state index in [2.05, 4.69) is 15.9 Å². The number of halogens is 1. The lowest BCUT2D eigenvalue weighted by atomic mass is 10.3. The fraction of sp³-hybridized carbons (Fsp3) is 0.250. The maximum Gasteiger partial charge on any atom is 0.333 e. The molecule has 0 bridgehead atoms. The van der Waals surface area contributed by atoms with Crippen molar-refractivity contribution in [3.05, 3.63) is 37.2 Å². The Morgan fingerprint density at radius 1 is 1.56 bits per heavy atom. The van der Waals surface area contributed by atoms with Crippen LogP contribution in [0.2, 0.25) is 0 Å². The van der Waals surface area contributed by atoms with Crippen LogP contribution < -0.4 is 5.43 Å². The Hall–Kier alpha value is -1.70. The molecule has 0 aliphatic heterocycles. The van der Waals surface area contributed by atoms with E-state index >= 15 is 0 Å². The molecule has 0 unspecified atom stereocenters. The minimum atomic E-state index is -1.02. The zero-order valence-electron chi connectivity index (χ0n) is 7.92. The van der Waals surface area contributed by atoms with Gasteiger partial charge in [0.1, 0.15) is 0 Å². The second-order valence-corrected chi connectivity index (χ2v) is 3.81. The number of hydrogen-bond donors (Lipinski definition) is 1. The van der Waals surface area contributed by atoms with Gasteiger partial charge in [0.2, 0.25) is 0 Å². The molecule has 0 aliphatic rings. The van der Waals surface area contributed by atoms with Crippen LogP contribution in [-0.4, -0.2) is 20.6 Å². The summed E-state index contributed by atoms with van der Waals surface area (Å²) in [4.78, 5) is 31.3. The molecule has 0 spiro atoms. The molecular formula is C8H7BrN2O5. The van der Waals surface area contributed by atoms with Crippen LogP contribution in [-0.2, 0) is 11.3 Å². The number of aromatic nitrogens is 1. The summed E-state index contributed by atoms with van der Waals surface area (Å²) in [5.74, 6) is -1.02. The van der Waals surface area contributed by atoms with E-state index in [4.69, 9.17) is 5.11 Å². The van der Waals surface area contributed by atoms with Gasteiger partial charge in [-0.05, 0) is 15.9 Å². The molecule has 1 N–H and O–H groups in total. The SMILES string of the molecule is O=C(O)CCn1cc(Br)c(=O)c([N+](=O)[O-])c1. The van der Waals surface area contributed by atoms with Crippen LogP contribution in [0.5, 0.6) is 0 Å². The normalized spacial score (nSPS) is 10.1. The Bertz CT molecular complexity index is 496. The summed E-state index contributed by atoms with van der Waals surface area (Å²) >= 11 is 2.89. The van der Waals surface area contributed by atoms with Crippen molar-refractivity contribution in [2.75, 3.05) is 0 Å². The molecule has 7 nitrogen and oxygen atoms in total. The summed E-state index contributed by atoms with van der Waals surface area (Å²) in [6.07, 6.45) is 2.17. The van der Waals surface area contributed by atoms with Crippen LogP contribution in [0.4, 0.5) is 5.69 Å². The van der Waals surface area contributed by atoms with Crippen molar-refractivity contribution in [3.8, 4) is 0 Å². The first kappa shape index (κ1) is 12.4. The van der Waals surface area contributed by atoms with E-state index in [-0.39, 0.29) is 17.4 Å². The van der Waals surface area contributed by atoms with Gasteiger partial charge in [-0.3, -0.25) is 19.7 Å². The third kappa shape index (κ3) is 2.89. The molecule has 0 saturated carbocycles. The quantitative estimate of drug-likeness (QED) is 0.658. The molecule has 8 heteroatoms. The smallest absolute Gasteiger partial charge is 0.333 e. The number of carboxylic acids is 1. The number of pyridine rings is 1. The van der Waals surface area contributed by atoms with Crippen LogP contribution in [0.15, 0.2) is 21.7 Å². The lowest BCUT2D eigenvalue weighted by molar-refractivity contribution is -0.386. The van der Waals surface area contributed by atoms with Crippen LogP contribution >= 0.6 is 15.9 Å². The van der Waals surface area contributed by atoms with Gasteiger partial charge >= 0.3 is 11.7 Å². The van der Waals surface area contributed by atoms with Crippen molar-refractivity contribution in [1.29, 1.82) is 0 Å². The largest absolute Gasteiger partial charge is 0.481 e. The van der Waals surface area contributed by atoms with Crippen molar-refractivity contribution in [3.63, 3.8) is 0 Å². The van der Waals surface area contributed by atoms with Gasteiger partial charge in [0.05, 0.1) is 22.0 Å². The molecule has 1 heterocycles. The highest BCUT2D eigenvalue weighted by Crippen LogP contribution is 2.11. The highest BCUT2D eigenvalue weighted by Gasteiger charge is 2.15. The Morgan fingerprint density at radius 3 is 2.69 bits per heavy atom. The third-order valence-corrected chi connectivity index (χ3v) is 2.36. The Labute approximate surface area is 97.6 Å². The summed E-state index contributed by atoms with van der Waals surface area (Å²) < 4.78 is 1.32. The number of aryl methyl sites for hydroxylation is 1. The van der Waals surface area contributed by atoms with Gasteiger partial charge in [0, 0.05) is 12.7 Å². The summed E-state index contributed by atoms with van der Waals surface area (Å²) in [5.41, 5.74) is -1.31. The second-order valence-electron chi connectivity index (χ2n) is 2.96. The standard InChI is InChI=1S/C8H7BrN2O5/c9-5-3-10(2-1-7(12)13)4-6(8(5)14)11(15)16/h3-4H,1-2H2,(H,12,13). The average Bonchev–Trinajstić information content (AvgIpc) is 2.19. The number of carbonyl (C=O) groups is 1. The molecule has 0 amide bonds. The minimum Gasteiger partial charge on any atom is -0.481 e. The van der Waals surface area contributed by atoms with Gasteiger partial charge in [-0.2, -0.15) is 0 Å². The topological polar surface area (TPSA) is 102 Å². The van der Waals surface area contributed by atoms with Gasteiger partial charge in [-0.25, -0.2) is 0 Å². The van der Waals surface area contributed by atoms with Gasteiger partial charge < -0.3 is 9.67 Å². The number of nitro groups is 1. The molecule has 0 radical (unpaired) electrons. The molecular weight excluding hydrogens is 284 g/mol. The fourth-order valence-corrected chi connectivity index (χ4v) is 1.53. The summed E-state index contributed by atoms with van der Waals surface area (Å²) in [5, 5.41) is 19.0. The zero-order valence-corrected chi connectivity index (χ0v) is 9.51. The molecule has 1 aromatic heterocycles. The lowest BCUT2D eigenvalue weighted by Gasteiger charge is -2.04. The van der Waals surface area contributed by atoms with Crippen molar-refractivity contribution in [2.45, 2.75) is 13.0 Å². The first-order valence-electron chi connectivity index (χ1n) is 4.17. The monoisotopic (exact) mass is 290 g/mol. The molecule has 1 rings (SSSR count). The first-order chi connectivity index (χ1) is 7.41. The minimum absolute atomic E-state index is 0.0343. The van der Waals surface area contributed by atoms with E-state index in [1.54, 1.807) is 0 Å². The summed E-state index contributed by atoms with van der Waals surface area (Å²) in [6.45, 7) is 0.0645. The van der Waals surface area contributed by atoms with Crippen LogP contribution in [0, 0.1) is 10.1 Å².